The van der Waals surface area contributed by atoms with Gasteiger partial charge in [-0.25, -0.2) is 4.79 Å². The van der Waals surface area contributed by atoms with Gasteiger partial charge in [-0.2, -0.15) is 0 Å². The standard InChI is InChI=1S/C41H55N5O8/c1-2-28-54-41(53)42-26-14-13-18-34(39(51)43-33-22-20-32(30-47)21-23-33)45-40(52)35(29-31-16-10-9-11-17-31)44-36(48)19-12-7-5-3-4-6-8-15-27-46-37(49)24-25-38(46)50/h2,9-11,16-17,20-25,34-35,47H,1,3-8,12-15,18-19,26-30H2,(H,42,53)(H,43,51)(H,44,48)(H,45,52)/t34-,35?/m0/s1. The lowest BCUT2D eigenvalue weighted by atomic mass is 10.0. The summed E-state index contributed by atoms with van der Waals surface area (Å²) in [6.45, 7) is 4.23. The van der Waals surface area contributed by atoms with Crippen LogP contribution in [0.4, 0.5) is 10.5 Å². The molecule has 1 aliphatic rings. The van der Waals surface area contributed by atoms with Crippen LogP contribution in [0.1, 0.15) is 88.2 Å². The maximum Gasteiger partial charge on any atom is 0.407 e. The number of anilines is 1. The monoisotopic (exact) mass is 745 g/mol. The minimum atomic E-state index is -0.930. The number of benzene rings is 2. The largest absolute Gasteiger partial charge is 0.445 e. The summed E-state index contributed by atoms with van der Waals surface area (Å²) < 4.78 is 4.92. The molecule has 0 saturated heterocycles. The Morgan fingerprint density at radius 1 is 0.741 bits per heavy atom. The fourth-order valence-electron chi connectivity index (χ4n) is 5.91. The van der Waals surface area contributed by atoms with Crippen LogP contribution in [-0.2, 0) is 41.7 Å². The summed E-state index contributed by atoms with van der Waals surface area (Å²) in [7, 11) is 0. The van der Waals surface area contributed by atoms with Crippen molar-refractivity contribution in [3.63, 3.8) is 0 Å². The fourth-order valence-corrected chi connectivity index (χ4v) is 5.91. The summed E-state index contributed by atoms with van der Waals surface area (Å²) in [6.07, 6.45) is 12.6. The molecule has 0 aliphatic carbocycles. The Kier molecular flexibility index (Phi) is 19.8. The Labute approximate surface area is 318 Å². The SMILES string of the molecule is C=CCOC(=O)NCCCC[C@H](NC(=O)C(Cc1ccccc1)NC(=O)CCCCCCCCCCN1C(=O)C=CC1=O)C(=O)Nc1ccc(CO)cc1. The van der Waals surface area contributed by atoms with Gasteiger partial charge in [0.25, 0.3) is 11.8 Å². The lowest BCUT2D eigenvalue weighted by Crippen LogP contribution is -2.53. The summed E-state index contributed by atoms with van der Waals surface area (Å²) in [5.41, 5.74) is 2.05. The van der Waals surface area contributed by atoms with Crippen LogP contribution in [-0.4, -0.2) is 77.4 Å². The van der Waals surface area contributed by atoms with E-state index in [2.05, 4.69) is 27.8 Å². The highest BCUT2D eigenvalue weighted by molar-refractivity contribution is 6.12. The fraction of sp³-hybridized carbons (Fsp3) is 0.463. The van der Waals surface area contributed by atoms with E-state index in [0.717, 1.165) is 50.5 Å². The molecule has 6 amide bonds. The number of aliphatic hydroxyl groups is 1. The van der Waals surface area contributed by atoms with E-state index >= 15 is 0 Å². The first-order chi connectivity index (χ1) is 26.2. The van der Waals surface area contributed by atoms with Crippen LogP contribution in [0.15, 0.2) is 79.4 Å². The number of nitrogens with one attached hydrogen (secondary N) is 4. The molecule has 2 aromatic carbocycles. The number of alkyl carbamates (subject to hydrolysis) is 1. The van der Waals surface area contributed by atoms with Crippen LogP contribution in [0.3, 0.4) is 0 Å². The third-order valence-electron chi connectivity index (χ3n) is 8.93. The normalized spacial score (nSPS) is 13.2. The van der Waals surface area contributed by atoms with E-state index in [-0.39, 0.29) is 50.2 Å². The van der Waals surface area contributed by atoms with Crippen LogP contribution in [0.5, 0.6) is 0 Å². The van der Waals surface area contributed by atoms with Gasteiger partial charge in [0.15, 0.2) is 0 Å². The Bertz CT molecular complexity index is 1530. The molecule has 2 atom stereocenters. The summed E-state index contributed by atoms with van der Waals surface area (Å²) in [5, 5.41) is 20.6. The molecule has 2 aromatic rings. The predicted octanol–water partition coefficient (Wildman–Crippen LogP) is 4.85. The molecular weight excluding hydrogens is 690 g/mol. The molecule has 0 saturated carbocycles. The van der Waals surface area contributed by atoms with Gasteiger partial charge >= 0.3 is 6.09 Å². The summed E-state index contributed by atoms with van der Waals surface area (Å²) in [6, 6.07) is 14.2. The second kappa shape index (κ2) is 24.9. The van der Waals surface area contributed by atoms with Gasteiger partial charge in [-0.1, -0.05) is 93.6 Å². The summed E-state index contributed by atoms with van der Waals surface area (Å²) >= 11 is 0. The molecule has 0 bridgehead atoms. The Hall–Kier alpha value is -5.30. The van der Waals surface area contributed by atoms with Crippen molar-refractivity contribution in [2.45, 2.75) is 102 Å². The van der Waals surface area contributed by atoms with Gasteiger partial charge in [0, 0.05) is 43.8 Å². The molecule has 13 heteroatoms. The van der Waals surface area contributed by atoms with E-state index in [9.17, 15) is 33.9 Å². The van der Waals surface area contributed by atoms with Crippen molar-refractivity contribution in [2.24, 2.45) is 0 Å². The number of imide groups is 1. The van der Waals surface area contributed by atoms with E-state index in [1.165, 1.54) is 23.1 Å². The lowest BCUT2D eigenvalue weighted by molar-refractivity contribution is -0.137. The average molecular weight is 746 g/mol. The second-order valence-electron chi connectivity index (χ2n) is 13.3. The number of rotatable bonds is 26. The third-order valence-corrected chi connectivity index (χ3v) is 8.93. The van der Waals surface area contributed by atoms with Crippen molar-refractivity contribution in [1.29, 1.82) is 0 Å². The van der Waals surface area contributed by atoms with Gasteiger partial charge in [0.1, 0.15) is 18.7 Å². The number of unbranched alkanes of at least 4 members (excludes halogenated alkanes) is 8. The molecule has 54 heavy (non-hydrogen) atoms. The first-order valence-corrected chi connectivity index (χ1v) is 18.9. The molecular formula is C41H55N5O8. The molecule has 1 aliphatic heterocycles. The van der Waals surface area contributed by atoms with Crippen LogP contribution in [0.25, 0.3) is 0 Å². The van der Waals surface area contributed by atoms with Gasteiger partial charge in [0.2, 0.25) is 17.7 Å². The zero-order valence-corrected chi connectivity index (χ0v) is 31.1. The van der Waals surface area contributed by atoms with Gasteiger partial charge in [-0.15, -0.1) is 0 Å². The van der Waals surface area contributed by atoms with Crippen molar-refractivity contribution in [1.82, 2.24) is 20.9 Å². The molecule has 5 N–H and O–H groups in total. The number of hydrogen-bond donors (Lipinski definition) is 5. The smallest absolute Gasteiger partial charge is 0.407 e. The molecule has 0 radical (unpaired) electrons. The van der Waals surface area contributed by atoms with E-state index in [4.69, 9.17) is 4.74 Å². The number of aliphatic hydroxyl groups excluding tert-OH is 1. The second-order valence-corrected chi connectivity index (χ2v) is 13.3. The van der Waals surface area contributed by atoms with Crippen molar-refractivity contribution in [3.05, 3.63) is 90.5 Å². The van der Waals surface area contributed by atoms with E-state index < -0.39 is 30.0 Å². The molecule has 1 unspecified atom stereocenters. The molecule has 3 rings (SSSR count). The third kappa shape index (κ3) is 16.6. The molecule has 1 heterocycles. The number of carbonyl (C=O) groups is 6. The minimum Gasteiger partial charge on any atom is -0.445 e. The minimum absolute atomic E-state index is 0.0934. The number of nitrogens with zero attached hydrogens (tertiary/aromatic N) is 1. The van der Waals surface area contributed by atoms with Gasteiger partial charge in [0.05, 0.1) is 6.61 Å². The molecule has 292 valence electrons. The van der Waals surface area contributed by atoms with Crippen molar-refractivity contribution in [3.8, 4) is 0 Å². The predicted molar refractivity (Wildman–Crippen MR) is 206 cm³/mol. The van der Waals surface area contributed by atoms with E-state index in [0.29, 0.717) is 43.6 Å². The van der Waals surface area contributed by atoms with Gasteiger partial charge in [-0.3, -0.25) is 28.9 Å². The quantitative estimate of drug-likeness (QED) is 0.0515. The highest BCUT2D eigenvalue weighted by atomic mass is 16.5. The van der Waals surface area contributed by atoms with E-state index in [1.54, 1.807) is 24.3 Å². The maximum atomic E-state index is 13.8. The first kappa shape index (κ1) is 43.1. The Morgan fingerprint density at radius 3 is 2.04 bits per heavy atom. The molecule has 0 spiro atoms. The number of ether oxygens (including phenoxy) is 1. The van der Waals surface area contributed by atoms with Crippen molar-refractivity contribution >= 4 is 41.3 Å². The van der Waals surface area contributed by atoms with Gasteiger partial charge in [-0.05, 0) is 55.4 Å². The Morgan fingerprint density at radius 2 is 1.39 bits per heavy atom. The van der Waals surface area contributed by atoms with Crippen molar-refractivity contribution < 1.29 is 38.6 Å². The molecule has 0 fully saturated rings. The zero-order valence-electron chi connectivity index (χ0n) is 31.1. The zero-order chi connectivity index (χ0) is 39.0. The highest BCUT2D eigenvalue weighted by Gasteiger charge is 2.27. The average Bonchev–Trinajstić information content (AvgIpc) is 3.49. The molecule has 0 aromatic heterocycles. The van der Waals surface area contributed by atoms with Crippen LogP contribution in [0.2, 0.25) is 0 Å². The summed E-state index contributed by atoms with van der Waals surface area (Å²) in [4.78, 5) is 76.7. The van der Waals surface area contributed by atoms with Crippen LogP contribution < -0.4 is 21.3 Å². The number of amides is 6. The Balaban J connectivity index is 1.50. The van der Waals surface area contributed by atoms with Crippen molar-refractivity contribution in [2.75, 3.05) is 25.0 Å². The topological polar surface area (TPSA) is 183 Å². The number of hydrogen-bond acceptors (Lipinski definition) is 8. The molecule has 13 nitrogen and oxygen atoms in total. The highest BCUT2D eigenvalue weighted by Crippen LogP contribution is 2.14. The summed E-state index contributed by atoms with van der Waals surface area (Å²) in [5.74, 6) is -1.65. The number of carbonyl (C=O) groups excluding carboxylic acids is 6. The van der Waals surface area contributed by atoms with Gasteiger partial charge < -0.3 is 31.1 Å². The maximum absolute atomic E-state index is 13.8. The van der Waals surface area contributed by atoms with Crippen LogP contribution in [0, 0.1) is 0 Å². The first-order valence-electron chi connectivity index (χ1n) is 18.9. The lowest BCUT2D eigenvalue weighted by Gasteiger charge is -2.23. The van der Waals surface area contributed by atoms with E-state index in [1.807, 2.05) is 30.3 Å². The van der Waals surface area contributed by atoms with Crippen LogP contribution >= 0.6 is 0 Å².